The lowest BCUT2D eigenvalue weighted by atomic mass is 10.2. The van der Waals surface area contributed by atoms with E-state index in [9.17, 15) is 0 Å². The van der Waals surface area contributed by atoms with Crippen LogP contribution in [0.25, 0.3) is 5.69 Å². The van der Waals surface area contributed by atoms with E-state index >= 15 is 0 Å². The highest BCUT2D eigenvalue weighted by molar-refractivity contribution is 9.10. The van der Waals surface area contributed by atoms with E-state index in [4.69, 9.17) is 0 Å². The van der Waals surface area contributed by atoms with Crippen molar-refractivity contribution in [1.82, 2.24) is 24.5 Å². The summed E-state index contributed by atoms with van der Waals surface area (Å²) in [6.45, 7) is 4.83. The van der Waals surface area contributed by atoms with Crippen LogP contribution in [-0.2, 0) is 20.0 Å². The number of benzene rings is 1. The lowest BCUT2D eigenvalue weighted by Gasteiger charge is -2.11. The summed E-state index contributed by atoms with van der Waals surface area (Å²) >= 11 is 3.29. The van der Waals surface area contributed by atoms with Gasteiger partial charge in [0.15, 0.2) is 0 Å². The van der Waals surface area contributed by atoms with Gasteiger partial charge in [-0.15, -0.1) is 5.10 Å². The van der Waals surface area contributed by atoms with Crippen molar-refractivity contribution in [2.24, 2.45) is 7.05 Å². The molecule has 0 atom stereocenters. The Bertz CT molecular complexity index is 820. The van der Waals surface area contributed by atoms with Crippen LogP contribution in [0.5, 0.6) is 0 Å². The van der Waals surface area contributed by atoms with Crippen LogP contribution >= 0.6 is 15.9 Å². The zero-order chi connectivity index (χ0) is 16.4. The number of rotatable bonds is 5. The van der Waals surface area contributed by atoms with E-state index in [0.717, 1.165) is 29.3 Å². The number of hydrogen-bond acceptors (Lipinski definition) is 4. The fourth-order valence-corrected chi connectivity index (χ4v) is 3.02. The van der Waals surface area contributed by atoms with Crippen LogP contribution in [0.3, 0.4) is 0 Å². The number of nitrogens with zero attached hydrogens (tertiary/aromatic N) is 5. The highest BCUT2D eigenvalue weighted by atomic mass is 79.9. The number of halogens is 1. The van der Waals surface area contributed by atoms with E-state index in [1.165, 1.54) is 5.56 Å². The van der Waals surface area contributed by atoms with Crippen LogP contribution in [0.15, 0.2) is 35.2 Å². The van der Waals surface area contributed by atoms with Crippen molar-refractivity contribution in [2.75, 3.05) is 5.32 Å². The normalized spacial score (nSPS) is 11.0. The molecule has 0 aliphatic carbocycles. The number of nitrogens with one attached hydrogen (secondary N) is 1. The molecule has 0 fully saturated rings. The Balaban J connectivity index is 1.87. The van der Waals surface area contributed by atoms with Crippen LogP contribution in [-0.4, -0.2) is 24.5 Å². The van der Waals surface area contributed by atoms with Gasteiger partial charge in [0, 0.05) is 7.05 Å². The topological polar surface area (TPSA) is 60.6 Å². The molecule has 0 spiro atoms. The molecule has 120 valence electrons. The first-order chi connectivity index (χ1) is 11.1. The molecule has 3 rings (SSSR count). The molecule has 2 aromatic heterocycles. The fraction of sp³-hybridized carbons (Fsp3) is 0.312. The molecule has 0 saturated heterocycles. The molecule has 0 aliphatic heterocycles. The first-order valence-electron chi connectivity index (χ1n) is 7.52. The quantitative estimate of drug-likeness (QED) is 0.744. The zero-order valence-electron chi connectivity index (χ0n) is 13.4. The summed E-state index contributed by atoms with van der Waals surface area (Å²) in [5, 5.41) is 12.2. The van der Waals surface area contributed by atoms with Crippen LogP contribution in [0, 0.1) is 6.92 Å². The number of aryl methyl sites for hydroxylation is 2. The van der Waals surface area contributed by atoms with Crippen LogP contribution in [0.4, 0.5) is 5.69 Å². The summed E-state index contributed by atoms with van der Waals surface area (Å²) in [4.78, 5) is 4.34. The maximum Gasteiger partial charge on any atom is 0.217 e. The average molecular weight is 375 g/mol. The van der Waals surface area contributed by atoms with Gasteiger partial charge in [0.2, 0.25) is 4.73 Å². The zero-order valence-corrected chi connectivity index (χ0v) is 15.0. The smallest absolute Gasteiger partial charge is 0.217 e. The molecule has 0 aliphatic rings. The van der Waals surface area contributed by atoms with Gasteiger partial charge in [-0.25, -0.2) is 9.67 Å². The van der Waals surface area contributed by atoms with Gasteiger partial charge >= 0.3 is 0 Å². The average Bonchev–Trinajstić information content (AvgIpc) is 3.08. The molecule has 0 unspecified atom stereocenters. The number of para-hydroxylation sites is 1. The van der Waals surface area contributed by atoms with E-state index in [-0.39, 0.29) is 0 Å². The van der Waals surface area contributed by atoms with Crippen LogP contribution < -0.4 is 5.32 Å². The van der Waals surface area contributed by atoms with Gasteiger partial charge in [-0.3, -0.25) is 4.68 Å². The van der Waals surface area contributed by atoms with Crippen molar-refractivity contribution < 1.29 is 0 Å². The fourth-order valence-electron chi connectivity index (χ4n) is 2.58. The maximum atomic E-state index is 4.56. The Morgan fingerprint density at radius 3 is 2.70 bits per heavy atom. The molecular formula is C16H19BrN6. The highest BCUT2D eigenvalue weighted by Gasteiger charge is 2.13. The van der Waals surface area contributed by atoms with Crippen molar-refractivity contribution >= 4 is 21.6 Å². The summed E-state index contributed by atoms with van der Waals surface area (Å²) in [5.41, 5.74) is 4.49. The van der Waals surface area contributed by atoms with Gasteiger partial charge in [-0.2, -0.15) is 5.10 Å². The maximum absolute atomic E-state index is 4.56. The SMILES string of the molecule is CCc1c(NCc2nc(Br)nn2C)cnn1-c1ccccc1C. The van der Waals surface area contributed by atoms with E-state index in [0.29, 0.717) is 11.3 Å². The van der Waals surface area contributed by atoms with E-state index in [1.54, 1.807) is 4.68 Å². The van der Waals surface area contributed by atoms with Gasteiger partial charge in [0.05, 0.1) is 29.8 Å². The van der Waals surface area contributed by atoms with E-state index in [2.05, 4.69) is 62.4 Å². The Hall–Kier alpha value is -2.15. The highest BCUT2D eigenvalue weighted by Crippen LogP contribution is 2.22. The number of anilines is 1. The molecule has 3 aromatic rings. The summed E-state index contributed by atoms with van der Waals surface area (Å²) in [6, 6.07) is 8.26. The predicted octanol–water partition coefficient (Wildman–Crippen LogP) is 3.25. The largest absolute Gasteiger partial charge is 0.375 e. The standard InChI is InChI=1S/C16H19BrN6/c1-4-13-12(18-10-15-20-16(17)21-22(15)3)9-19-23(13)14-8-6-5-7-11(14)2/h5-9,18H,4,10H2,1-3H3. The molecule has 0 radical (unpaired) electrons. The Labute approximate surface area is 143 Å². The first-order valence-corrected chi connectivity index (χ1v) is 8.31. The number of aromatic nitrogens is 5. The molecule has 23 heavy (non-hydrogen) atoms. The van der Waals surface area contributed by atoms with Gasteiger partial charge in [0.25, 0.3) is 0 Å². The third-order valence-corrected chi connectivity index (χ3v) is 4.15. The molecule has 0 saturated carbocycles. The predicted molar refractivity (Wildman–Crippen MR) is 93.7 cm³/mol. The van der Waals surface area contributed by atoms with Crippen LogP contribution in [0.1, 0.15) is 24.0 Å². The minimum atomic E-state index is 0.599. The molecule has 6 nitrogen and oxygen atoms in total. The van der Waals surface area contributed by atoms with Crippen LogP contribution in [0.2, 0.25) is 0 Å². The third kappa shape index (κ3) is 3.14. The van der Waals surface area contributed by atoms with Gasteiger partial charge in [0.1, 0.15) is 5.82 Å². The minimum Gasteiger partial charge on any atom is -0.375 e. The molecule has 2 heterocycles. The Kier molecular flexibility index (Phi) is 4.47. The summed E-state index contributed by atoms with van der Waals surface area (Å²) in [5.74, 6) is 0.863. The lowest BCUT2D eigenvalue weighted by Crippen LogP contribution is -2.09. The van der Waals surface area contributed by atoms with Crippen molar-refractivity contribution in [2.45, 2.75) is 26.8 Å². The summed E-state index contributed by atoms with van der Waals surface area (Å²) in [6.07, 6.45) is 2.76. The van der Waals surface area contributed by atoms with Crippen molar-refractivity contribution in [3.63, 3.8) is 0 Å². The van der Waals surface area contributed by atoms with E-state index < -0.39 is 0 Å². The van der Waals surface area contributed by atoms with Gasteiger partial charge in [-0.1, -0.05) is 25.1 Å². The number of hydrogen-bond donors (Lipinski definition) is 1. The minimum absolute atomic E-state index is 0.599. The third-order valence-electron chi connectivity index (χ3n) is 3.81. The van der Waals surface area contributed by atoms with Crippen molar-refractivity contribution in [3.05, 3.63) is 52.3 Å². The lowest BCUT2D eigenvalue weighted by molar-refractivity contribution is 0.709. The van der Waals surface area contributed by atoms with Gasteiger partial charge < -0.3 is 5.32 Å². The molecule has 1 N–H and O–H groups in total. The monoisotopic (exact) mass is 374 g/mol. The van der Waals surface area contributed by atoms with Gasteiger partial charge in [-0.05, 0) is 40.9 Å². The molecular weight excluding hydrogens is 356 g/mol. The second kappa shape index (κ2) is 6.54. The molecule has 0 bridgehead atoms. The molecule has 7 heteroatoms. The second-order valence-electron chi connectivity index (χ2n) is 5.33. The molecule has 1 aromatic carbocycles. The summed E-state index contributed by atoms with van der Waals surface area (Å²) in [7, 11) is 1.88. The van der Waals surface area contributed by atoms with Crippen molar-refractivity contribution in [3.8, 4) is 5.69 Å². The molecule has 0 amide bonds. The summed E-state index contributed by atoms with van der Waals surface area (Å²) < 4.78 is 4.36. The Morgan fingerprint density at radius 1 is 1.26 bits per heavy atom. The van der Waals surface area contributed by atoms with E-state index in [1.807, 2.05) is 30.1 Å². The second-order valence-corrected chi connectivity index (χ2v) is 6.04. The Morgan fingerprint density at radius 2 is 2.04 bits per heavy atom. The first kappa shape index (κ1) is 15.7. The van der Waals surface area contributed by atoms with Crippen molar-refractivity contribution in [1.29, 1.82) is 0 Å².